The van der Waals surface area contributed by atoms with Gasteiger partial charge in [-0.1, -0.05) is 12.1 Å². The van der Waals surface area contributed by atoms with E-state index in [-0.39, 0.29) is 12.3 Å². The van der Waals surface area contributed by atoms with Crippen molar-refractivity contribution in [3.63, 3.8) is 0 Å². The number of nitrogens with two attached hydrogens (primary N) is 1. The van der Waals surface area contributed by atoms with Crippen molar-refractivity contribution < 1.29 is 27.4 Å². The Morgan fingerprint density at radius 2 is 2.10 bits per heavy atom. The van der Waals surface area contributed by atoms with Gasteiger partial charge in [0.05, 0.1) is 12.3 Å². The van der Waals surface area contributed by atoms with Crippen LogP contribution in [0.3, 0.4) is 0 Å². The summed E-state index contributed by atoms with van der Waals surface area (Å²) in [6.45, 7) is 0.367. The Hall–Kier alpha value is -1.80. The number of amides is 1. The molecule has 1 heterocycles. The molecule has 1 atom stereocenters. The quantitative estimate of drug-likeness (QED) is 0.887. The number of hydrogen-bond acceptors (Lipinski definition) is 4. The predicted molar refractivity (Wildman–Crippen MR) is 64.1 cm³/mol. The first-order chi connectivity index (χ1) is 9.30. The highest BCUT2D eigenvalue weighted by Crippen LogP contribution is 2.30. The van der Waals surface area contributed by atoms with Crippen molar-refractivity contribution in [3.8, 4) is 5.75 Å². The number of rotatable bonds is 3. The zero-order valence-corrected chi connectivity index (χ0v) is 10.4. The van der Waals surface area contributed by atoms with Crippen LogP contribution in [0.2, 0.25) is 0 Å². The number of anilines is 1. The molecule has 2 rings (SSSR count). The highest BCUT2D eigenvalue weighted by Gasteiger charge is 2.39. The lowest BCUT2D eigenvalue weighted by Gasteiger charge is -2.21. The van der Waals surface area contributed by atoms with Crippen LogP contribution in [0.25, 0.3) is 0 Å². The third kappa shape index (κ3) is 3.40. The van der Waals surface area contributed by atoms with Gasteiger partial charge in [0.1, 0.15) is 5.54 Å². The van der Waals surface area contributed by atoms with Gasteiger partial charge in [-0.25, -0.2) is 0 Å². The van der Waals surface area contributed by atoms with Gasteiger partial charge in [-0.05, 0) is 18.6 Å². The van der Waals surface area contributed by atoms with Gasteiger partial charge in [0.25, 0.3) is 0 Å². The van der Waals surface area contributed by atoms with Gasteiger partial charge in [-0.15, -0.1) is 13.2 Å². The van der Waals surface area contributed by atoms with Gasteiger partial charge < -0.3 is 20.5 Å². The molecule has 0 saturated carbocycles. The Labute approximate surface area is 112 Å². The Bertz CT molecular complexity index is 499. The number of halogens is 3. The Kier molecular flexibility index (Phi) is 3.87. The van der Waals surface area contributed by atoms with Crippen LogP contribution in [0.5, 0.6) is 5.75 Å². The fourth-order valence-corrected chi connectivity index (χ4v) is 1.79. The molecular formula is C12H13F3N2O3. The van der Waals surface area contributed by atoms with Crippen molar-refractivity contribution in [1.29, 1.82) is 0 Å². The maximum atomic E-state index is 12.3. The van der Waals surface area contributed by atoms with Crippen LogP contribution in [-0.2, 0) is 9.53 Å². The second kappa shape index (κ2) is 5.29. The summed E-state index contributed by atoms with van der Waals surface area (Å²) >= 11 is 0. The molecule has 0 spiro atoms. The molecule has 110 valence electrons. The number of para-hydroxylation sites is 2. The summed E-state index contributed by atoms with van der Waals surface area (Å²) < 4.78 is 45.6. The highest BCUT2D eigenvalue weighted by atomic mass is 19.4. The second-order valence-electron chi connectivity index (χ2n) is 4.46. The van der Waals surface area contributed by atoms with E-state index in [9.17, 15) is 18.0 Å². The predicted octanol–water partition coefficient (Wildman–Crippen LogP) is 1.64. The van der Waals surface area contributed by atoms with Crippen LogP contribution in [0, 0.1) is 0 Å². The molecule has 0 radical (unpaired) electrons. The molecule has 8 heteroatoms. The minimum Gasteiger partial charge on any atom is -0.404 e. The molecule has 1 aliphatic rings. The zero-order chi connectivity index (χ0) is 14.8. The molecule has 0 aliphatic carbocycles. The average Bonchev–Trinajstić information content (AvgIpc) is 2.78. The standard InChI is InChI=1S/C12H13F3N2O3/c13-12(14,15)20-9-4-2-1-3-8(9)17-10(18)11(16)5-6-19-7-11/h1-4H,5-7,16H2,(H,17,18). The average molecular weight is 290 g/mol. The Morgan fingerprint density at radius 3 is 2.70 bits per heavy atom. The summed E-state index contributed by atoms with van der Waals surface area (Å²) in [5.74, 6) is -1.09. The minimum absolute atomic E-state index is 0.0289. The number of nitrogens with one attached hydrogen (secondary N) is 1. The number of hydrogen-bond donors (Lipinski definition) is 2. The SMILES string of the molecule is NC1(C(=O)Nc2ccccc2OC(F)(F)F)CCOC1. The molecule has 1 amide bonds. The largest absolute Gasteiger partial charge is 0.573 e. The van der Waals surface area contributed by atoms with Crippen molar-refractivity contribution in [2.24, 2.45) is 5.73 Å². The van der Waals surface area contributed by atoms with Crippen LogP contribution >= 0.6 is 0 Å². The molecule has 0 aromatic heterocycles. The molecule has 0 bridgehead atoms. The van der Waals surface area contributed by atoms with E-state index in [0.29, 0.717) is 13.0 Å². The number of benzene rings is 1. The third-order valence-electron chi connectivity index (χ3n) is 2.87. The Morgan fingerprint density at radius 1 is 1.40 bits per heavy atom. The summed E-state index contributed by atoms with van der Waals surface area (Å²) in [5, 5.41) is 2.35. The summed E-state index contributed by atoms with van der Waals surface area (Å²) in [7, 11) is 0. The lowest BCUT2D eigenvalue weighted by molar-refractivity contribution is -0.274. The van der Waals surface area contributed by atoms with Crippen molar-refractivity contribution in [2.45, 2.75) is 18.3 Å². The monoisotopic (exact) mass is 290 g/mol. The molecule has 1 unspecified atom stereocenters. The van der Waals surface area contributed by atoms with Crippen LogP contribution in [-0.4, -0.2) is 31.0 Å². The number of carbonyl (C=O) groups excluding carboxylic acids is 1. The highest BCUT2D eigenvalue weighted by molar-refractivity contribution is 5.99. The van der Waals surface area contributed by atoms with E-state index < -0.39 is 23.6 Å². The van der Waals surface area contributed by atoms with E-state index in [4.69, 9.17) is 10.5 Å². The molecule has 5 nitrogen and oxygen atoms in total. The van der Waals surface area contributed by atoms with E-state index in [1.54, 1.807) is 0 Å². The van der Waals surface area contributed by atoms with Crippen molar-refractivity contribution in [2.75, 3.05) is 18.5 Å². The van der Waals surface area contributed by atoms with Gasteiger partial charge in [-0.2, -0.15) is 0 Å². The number of alkyl halides is 3. The van der Waals surface area contributed by atoms with Gasteiger partial charge in [-0.3, -0.25) is 4.79 Å². The van der Waals surface area contributed by atoms with Crippen LogP contribution in [0.15, 0.2) is 24.3 Å². The van der Waals surface area contributed by atoms with Gasteiger partial charge >= 0.3 is 6.36 Å². The summed E-state index contributed by atoms with van der Waals surface area (Å²) in [4.78, 5) is 12.0. The van der Waals surface area contributed by atoms with Gasteiger partial charge in [0, 0.05) is 6.61 Å². The second-order valence-corrected chi connectivity index (χ2v) is 4.46. The molecule has 1 fully saturated rings. The van der Waals surface area contributed by atoms with Gasteiger partial charge in [0.15, 0.2) is 5.75 Å². The first-order valence-corrected chi connectivity index (χ1v) is 5.83. The molecule has 20 heavy (non-hydrogen) atoms. The first kappa shape index (κ1) is 14.6. The van der Waals surface area contributed by atoms with E-state index in [1.165, 1.54) is 18.2 Å². The lowest BCUT2D eigenvalue weighted by atomic mass is 9.99. The molecule has 1 saturated heterocycles. The topological polar surface area (TPSA) is 73.6 Å². The normalized spacial score (nSPS) is 22.6. The molecule has 1 aliphatic heterocycles. The zero-order valence-electron chi connectivity index (χ0n) is 10.4. The number of ether oxygens (including phenoxy) is 2. The van der Waals surface area contributed by atoms with E-state index in [2.05, 4.69) is 10.1 Å². The molecule has 1 aromatic carbocycles. The smallest absolute Gasteiger partial charge is 0.404 e. The van der Waals surface area contributed by atoms with E-state index in [0.717, 1.165) is 6.07 Å². The third-order valence-corrected chi connectivity index (χ3v) is 2.87. The van der Waals surface area contributed by atoms with Crippen molar-refractivity contribution in [3.05, 3.63) is 24.3 Å². The fourth-order valence-electron chi connectivity index (χ4n) is 1.79. The summed E-state index contributed by atoms with van der Waals surface area (Å²) in [6.07, 6.45) is -4.53. The van der Waals surface area contributed by atoms with Crippen molar-refractivity contribution in [1.82, 2.24) is 0 Å². The van der Waals surface area contributed by atoms with Crippen LogP contribution < -0.4 is 15.8 Å². The van der Waals surface area contributed by atoms with E-state index in [1.807, 2.05) is 0 Å². The molecular weight excluding hydrogens is 277 g/mol. The number of carbonyl (C=O) groups is 1. The minimum atomic E-state index is -4.84. The maximum absolute atomic E-state index is 12.3. The van der Waals surface area contributed by atoms with Crippen molar-refractivity contribution >= 4 is 11.6 Å². The van der Waals surface area contributed by atoms with Crippen LogP contribution in [0.4, 0.5) is 18.9 Å². The maximum Gasteiger partial charge on any atom is 0.573 e. The molecule has 1 aromatic rings. The summed E-state index contributed by atoms with van der Waals surface area (Å²) in [5.41, 5.74) is 4.51. The first-order valence-electron chi connectivity index (χ1n) is 5.83. The lowest BCUT2D eigenvalue weighted by Crippen LogP contribution is -2.51. The fraction of sp³-hybridized carbons (Fsp3) is 0.417. The van der Waals surface area contributed by atoms with Crippen LogP contribution in [0.1, 0.15) is 6.42 Å². The van der Waals surface area contributed by atoms with E-state index >= 15 is 0 Å². The Balaban J connectivity index is 2.15. The summed E-state index contributed by atoms with van der Waals surface area (Å²) in [6, 6.07) is 5.26. The molecule has 3 N–H and O–H groups in total. The van der Waals surface area contributed by atoms with Gasteiger partial charge in [0.2, 0.25) is 5.91 Å².